The maximum Gasteiger partial charge on any atom is 0.122 e. The van der Waals surface area contributed by atoms with Crippen LogP contribution in [0.1, 0.15) is 16.8 Å². The number of hydrogen-bond acceptors (Lipinski definition) is 4. The molecule has 0 radical (unpaired) electrons. The fraction of sp³-hybridized carbons (Fsp3) is 0.385. The highest BCUT2D eigenvalue weighted by Gasteiger charge is 2.11. The van der Waals surface area contributed by atoms with Gasteiger partial charge in [-0.2, -0.15) is 0 Å². The average molecular weight is 245 g/mol. The molecule has 5 heteroatoms. The summed E-state index contributed by atoms with van der Waals surface area (Å²) in [7, 11) is 0. The van der Waals surface area contributed by atoms with Crippen molar-refractivity contribution in [1.82, 2.24) is 15.0 Å². The third-order valence-corrected chi connectivity index (χ3v) is 3.13. The van der Waals surface area contributed by atoms with E-state index in [9.17, 15) is 0 Å². The maximum atomic E-state index is 8.91. The molecule has 0 unspecified atom stereocenters. The molecule has 0 aliphatic carbocycles. The highest BCUT2D eigenvalue weighted by atomic mass is 16.5. The van der Waals surface area contributed by atoms with Crippen LogP contribution in [0.2, 0.25) is 0 Å². The molecule has 0 saturated heterocycles. The molecule has 2 aromatic rings. The van der Waals surface area contributed by atoms with E-state index in [1.54, 1.807) is 10.9 Å². The van der Waals surface area contributed by atoms with Gasteiger partial charge >= 0.3 is 0 Å². The molecule has 94 valence electrons. The monoisotopic (exact) mass is 245 g/mol. The molecule has 0 fully saturated rings. The molecule has 0 amide bonds. The second-order valence-electron chi connectivity index (χ2n) is 4.42. The summed E-state index contributed by atoms with van der Waals surface area (Å²) >= 11 is 0. The fourth-order valence-electron chi connectivity index (χ4n) is 2.16. The van der Waals surface area contributed by atoms with Crippen molar-refractivity contribution in [3.05, 3.63) is 41.2 Å². The largest absolute Gasteiger partial charge is 0.493 e. The lowest BCUT2D eigenvalue weighted by atomic mass is 10.1. The van der Waals surface area contributed by atoms with E-state index in [-0.39, 0.29) is 6.61 Å². The Morgan fingerprint density at radius 2 is 2.33 bits per heavy atom. The van der Waals surface area contributed by atoms with Crippen molar-refractivity contribution in [2.45, 2.75) is 26.0 Å². The Morgan fingerprint density at radius 1 is 1.39 bits per heavy atom. The van der Waals surface area contributed by atoms with Gasteiger partial charge in [0.1, 0.15) is 11.4 Å². The molecule has 1 N–H and O–H groups in total. The standard InChI is InChI=1S/C13H15N3O2/c17-9-12-8-16(15-14-12)5-3-10-1-2-13-11(7-10)4-6-18-13/h1-2,7-8,17H,3-6,9H2. The van der Waals surface area contributed by atoms with Gasteiger partial charge in [0.05, 0.1) is 19.4 Å². The zero-order valence-electron chi connectivity index (χ0n) is 10.0. The first-order chi connectivity index (χ1) is 8.85. The molecule has 18 heavy (non-hydrogen) atoms. The van der Waals surface area contributed by atoms with E-state index in [1.807, 2.05) is 6.07 Å². The van der Waals surface area contributed by atoms with E-state index >= 15 is 0 Å². The van der Waals surface area contributed by atoms with Gasteiger partial charge in [0.15, 0.2) is 0 Å². The lowest BCUT2D eigenvalue weighted by Gasteiger charge is -2.04. The van der Waals surface area contributed by atoms with Crippen molar-refractivity contribution < 1.29 is 9.84 Å². The van der Waals surface area contributed by atoms with E-state index in [0.717, 1.165) is 31.7 Å². The SMILES string of the molecule is OCc1cn(CCc2ccc3c(c2)CCO3)nn1. The molecule has 3 rings (SSSR count). The molecular weight excluding hydrogens is 230 g/mol. The normalized spacial score (nSPS) is 13.4. The van der Waals surface area contributed by atoms with Crippen LogP contribution >= 0.6 is 0 Å². The predicted octanol–water partition coefficient (Wildman–Crippen LogP) is 0.948. The summed E-state index contributed by atoms with van der Waals surface area (Å²) in [4.78, 5) is 0. The number of hydrogen-bond donors (Lipinski definition) is 1. The number of aliphatic hydroxyl groups is 1. The van der Waals surface area contributed by atoms with Crippen LogP contribution < -0.4 is 4.74 Å². The van der Waals surface area contributed by atoms with E-state index in [4.69, 9.17) is 9.84 Å². The molecule has 1 aliphatic rings. The third-order valence-electron chi connectivity index (χ3n) is 3.13. The minimum atomic E-state index is -0.0593. The summed E-state index contributed by atoms with van der Waals surface area (Å²) in [5.74, 6) is 1.02. The number of aromatic nitrogens is 3. The van der Waals surface area contributed by atoms with Crippen LogP contribution in [0.4, 0.5) is 0 Å². The number of rotatable bonds is 4. The Labute approximate surface area is 105 Å². The van der Waals surface area contributed by atoms with Crippen LogP contribution in [0.15, 0.2) is 24.4 Å². The van der Waals surface area contributed by atoms with Gasteiger partial charge in [-0.05, 0) is 23.6 Å². The zero-order valence-corrected chi connectivity index (χ0v) is 10.0. The van der Waals surface area contributed by atoms with E-state index < -0.39 is 0 Å². The molecular formula is C13H15N3O2. The number of aryl methyl sites for hydroxylation is 2. The fourth-order valence-corrected chi connectivity index (χ4v) is 2.16. The highest BCUT2D eigenvalue weighted by Crippen LogP contribution is 2.26. The first kappa shape index (κ1) is 11.2. The second-order valence-corrected chi connectivity index (χ2v) is 4.42. The zero-order chi connectivity index (χ0) is 12.4. The molecule has 1 aliphatic heterocycles. The Bertz CT molecular complexity index is 551. The highest BCUT2D eigenvalue weighted by molar-refractivity contribution is 5.39. The number of ether oxygens (including phenoxy) is 1. The van der Waals surface area contributed by atoms with Crippen molar-refractivity contribution in [3.8, 4) is 5.75 Å². The smallest absolute Gasteiger partial charge is 0.122 e. The Morgan fingerprint density at radius 3 is 3.17 bits per heavy atom. The topological polar surface area (TPSA) is 60.2 Å². The van der Waals surface area contributed by atoms with Crippen LogP contribution in [0, 0.1) is 0 Å². The van der Waals surface area contributed by atoms with Crippen molar-refractivity contribution in [3.63, 3.8) is 0 Å². The van der Waals surface area contributed by atoms with E-state index in [0.29, 0.717) is 5.69 Å². The minimum absolute atomic E-state index is 0.0593. The molecule has 5 nitrogen and oxygen atoms in total. The maximum absolute atomic E-state index is 8.91. The lowest BCUT2D eigenvalue weighted by molar-refractivity contribution is 0.276. The van der Waals surface area contributed by atoms with Gasteiger partial charge in [0.25, 0.3) is 0 Å². The Kier molecular flexibility index (Phi) is 2.98. The van der Waals surface area contributed by atoms with Crippen LogP contribution in [0.3, 0.4) is 0 Å². The summed E-state index contributed by atoms with van der Waals surface area (Å²) < 4.78 is 7.24. The van der Waals surface area contributed by atoms with Crippen LogP contribution in [0.25, 0.3) is 0 Å². The van der Waals surface area contributed by atoms with Crippen LogP contribution in [-0.4, -0.2) is 26.7 Å². The molecule has 1 aromatic heterocycles. The van der Waals surface area contributed by atoms with Crippen molar-refractivity contribution >= 4 is 0 Å². The lowest BCUT2D eigenvalue weighted by Crippen LogP contribution is -2.02. The first-order valence-electron chi connectivity index (χ1n) is 6.09. The van der Waals surface area contributed by atoms with Gasteiger partial charge in [-0.1, -0.05) is 17.3 Å². The van der Waals surface area contributed by atoms with Gasteiger partial charge in [0, 0.05) is 13.0 Å². The predicted molar refractivity (Wildman–Crippen MR) is 65.3 cm³/mol. The first-order valence-corrected chi connectivity index (χ1v) is 6.09. The number of nitrogens with zero attached hydrogens (tertiary/aromatic N) is 3. The molecule has 0 saturated carbocycles. The van der Waals surface area contributed by atoms with Gasteiger partial charge in [-0.3, -0.25) is 4.68 Å². The van der Waals surface area contributed by atoms with Crippen molar-refractivity contribution in [1.29, 1.82) is 0 Å². The average Bonchev–Trinajstić information content (AvgIpc) is 3.04. The molecule has 2 heterocycles. The van der Waals surface area contributed by atoms with Gasteiger partial charge in [0.2, 0.25) is 0 Å². The Balaban J connectivity index is 1.66. The van der Waals surface area contributed by atoms with Crippen LogP contribution in [0.5, 0.6) is 5.75 Å². The minimum Gasteiger partial charge on any atom is -0.493 e. The molecule has 0 spiro atoms. The molecule has 0 bridgehead atoms. The van der Waals surface area contributed by atoms with Crippen molar-refractivity contribution in [2.75, 3.05) is 6.61 Å². The number of aliphatic hydroxyl groups excluding tert-OH is 1. The summed E-state index contributed by atoms with van der Waals surface area (Å²) in [6.45, 7) is 1.50. The van der Waals surface area contributed by atoms with E-state index in [2.05, 4.69) is 22.4 Å². The molecule has 1 aromatic carbocycles. The number of benzene rings is 1. The van der Waals surface area contributed by atoms with E-state index in [1.165, 1.54) is 11.1 Å². The van der Waals surface area contributed by atoms with Crippen LogP contribution in [-0.2, 0) is 26.0 Å². The Hall–Kier alpha value is -1.88. The third kappa shape index (κ3) is 2.22. The molecule has 0 atom stereocenters. The van der Waals surface area contributed by atoms with Gasteiger partial charge in [-0.15, -0.1) is 5.10 Å². The summed E-state index contributed by atoms with van der Waals surface area (Å²) in [6.07, 6.45) is 3.68. The quantitative estimate of drug-likeness (QED) is 0.871. The van der Waals surface area contributed by atoms with Crippen molar-refractivity contribution in [2.24, 2.45) is 0 Å². The second kappa shape index (κ2) is 4.78. The summed E-state index contributed by atoms with van der Waals surface area (Å²) in [6, 6.07) is 6.33. The summed E-state index contributed by atoms with van der Waals surface area (Å²) in [5.41, 5.74) is 3.18. The van der Waals surface area contributed by atoms with Gasteiger partial charge in [-0.25, -0.2) is 0 Å². The summed E-state index contributed by atoms with van der Waals surface area (Å²) in [5, 5.41) is 16.7. The van der Waals surface area contributed by atoms with Gasteiger partial charge < -0.3 is 9.84 Å². The number of fused-ring (bicyclic) bond motifs is 1.